The molecule has 4 rings (SSSR count). The Balaban J connectivity index is 1.30. The molecule has 0 aromatic heterocycles. The van der Waals surface area contributed by atoms with Gasteiger partial charge in [-0.2, -0.15) is 0 Å². The maximum atomic E-state index is 12.6. The Morgan fingerprint density at radius 1 is 1.08 bits per heavy atom. The van der Waals surface area contributed by atoms with Crippen LogP contribution in [0.5, 0.6) is 0 Å². The average molecular weight is 415 g/mol. The van der Waals surface area contributed by atoms with Crippen molar-refractivity contribution in [2.75, 3.05) is 55.8 Å². The number of nitrogens with one attached hydrogen (secondary N) is 1. The van der Waals surface area contributed by atoms with Crippen molar-refractivity contribution in [2.24, 2.45) is 0 Å². The van der Waals surface area contributed by atoms with Gasteiger partial charge in [0.25, 0.3) is 0 Å². The molecule has 0 radical (unpaired) electrons. The van der Waals surface area contributed by atoms with Crippen molar-refractivity contribution >= 4 is 46.6 Å². The topological polar surface area (TPSA) is 38.8 Å². The molecule has 0 spiro atoms. The number of rotatable bonds is 3. The summed E-state index contributed by atoms with van der Waals surface area (Å²) >= 11 is 14.1. The van der Waals surface area contributed by atoms with Crippen molar-refractivity contribution in [3.05, 3.63) is 28.2 Å². The molecule has 1 aromatic carbocycles. The highest BCUT2D eigenvalue weighted by Gasteiger charge is 2.36. The number of halogens is 2. The van der Waals surface area contributed by atoms with Gasteiger partial charge in [0, 0.05) is 66.8 Å². The summed E-state index contributed by atoms with van der Waals surface area (Å²) in [6, 6.07) is 6.16. The fourth-order valence-corrected chi connectivity index (χ4v) is 5.53. The molecule has 0 unspecified atom stereocenters. The van der Waals surface area contributed by atoms with E-state index in [0.29, 0.717) is 16.1 Å². The molecule has 3 aliphatic rings. The van der Waals surface area contributed by atoms with Crippen LogP contribution in [0, 0.1) is 0 Å². The van der Waals surface area contributed by atoms with E-state index in [0.717, 1.165) is 63.0 Å². The first-order chi connectivity index (χ1) is 12.6. The Hall–Kier alpha value is -0.660. The molecule has 2 atom stereocenters. The number of thioether (sulfide) groups is 1. The molecule has 3 saturated heterocycles. The van der Waals surface area contributed by atoms with Crippen LogP contribution >= 0.6 is 35.0 Å². The Kier molecular flexibility index (Phi) is 5.86. The molecule has 3 fully saturated rings. The molecular weight excluding hydrogens is 391 g/mol. The lowest BCUT2D eigenvalue weighted by molar-refractivity contribution is -0.131. The number of amides is 1. The van der Waals surface area contributed by atoms with Crippen LogP contribution in [0.2, 0.25) is 10.0 Å². The lowest BCUT2D eigenvalue weighted by Crippen LogP contribution is -2.51. The zero-order valence-electron chi connectivity index (χ0n) is 14.7. The fraction of sp³-hybridized carbons (Fsp3) is 0.611. The van der Waals surface area contributed by atoms with Gasteiger partial charge in [0.15, 0.2) is 0 Å². The normalized spacial score (nSPS) is 27.3. The Morgan fingerprint density at radius 2 is 1.81 bits per heavy atom. The highest BCUT2D eigenvalue weighted by atomic mass is 35.5. The molecule has 3 aliphatic heterocycles. The van der Waals surface area contributed by atoms with Gasteiger partial charge in [-0.25, -0.2) is 0 Å². The Labute approximate surface area is 169 Å². The number of carbonyl (C=O) groups excluding carboxylic acids is 1. The molecule has 26 heavy (non-hydrogen) atoms. The van der Waals surface area contributed by atoms with Crippen LogP contribution in [0.1, 0.15) is 6.42 Å². The van der Waals surface area contributed by atoms with Crippen LogP contribution in [-0.2, 0) is 4.79 Å². The molecule has 0 bridgehead atoms. The first kappa shape index (κ1) is 18.7. The molecule has 1 amide bonds. The maximum Gasteiger partial charge on any atom is 0.240 e. The minimum atomic E-state index is -0.0107. The van der Waals surface area contributed by atoms with Crippen molar-refractivity contribution in [3.63, 3.8) is 0 Å². The zero-order valence-corrected chi connectivity index (χ0v) is 17.0. The summed E-state index contributed by atoms with van der Waals surface area (Å²) < 4.78 is 0. The van der Waals surface area contributed by atoms with Crippen LogP contribution in [0.3, 0.4) is 0 Å². The van der Waals surface area contributed by atoms with Crippen molar-refractivity contribution < 1.29 is 4.79 Å². The molecular formula is C18H24Cl2N4OS. The smallest absolute Gasteiger partial charge is 0.240 e. The van der Waals surface area contributed by atoms with Crippen LogP contribution in [0.15, 0.2) is 18.2 Å². The van der Waals surface area contributed by atoms with Crippen LogP contribution in [0.25, 0.3) is 0 Å². The highest BCUT2D eigenvalue weighted by Crippen LogP contribution is 2.27. The lowest BCUT2D eigenvalue weighted by atomic mass is 10.1. The molecule has 3 heterocycles. The van der Waals surface area contributed by atoms with Crippen molar-refractivity contribution in [1.82, 2.24) is 15.1 Å². The average Bonchev–Trinajstić information content (AvgIpc) is 3.32. The SMILES string of the molecule is O=C([C@@H]1C[C@H](N2CCN(c3cc(Cl)cc(Cl)c3)CC2)CN1)N1CCSC1. The first-order valence-corrected chi connectivity index (χ1v) is 11.1. The molecule has 142 valence electrons. The molecule has 5 nitrogen and oxygen atoms in total. The minimum Gasteiger partial charge on any atom is -0.369 e. The summed E-state index contributed by atoms with van der Waals surface area (Å²) in [4.78, 5) is 19.4. The van der Waals surface area contributed by atoms with Gasteiger partial charge in [-0.3, -0.25) is 9.69 Å². The summed E-state index contributed by atoms with van der Waals surface area (Å²) in [6.07, 6.45) is 0.920. The quantitative estimate of drug-likeness (QED) is 0.821. The largest absolute Gasteiger partial charge is 0.369 e. The first-order valence-electron chi connectivity index (χ1n) is 9.15. The molecule has 1 aromatic rings. The van der Waals surface area contributed by atoms with Crippen molar-refractivity contribution in [3.8, 4) is 0 Å². The number of anilines is 1. The number of carbonyl (C=O) groups is 1. The highest BCUT2D eigenvalue weighted by molar-refractivity contribution is 7.99. The van der Waals surface area contributed by atoms with E-state index in [9.17, 15) is 4.79 Å². The minimum absolute atomic E-state index is 0.0107. The number of benzene rings is 1. The zero-order chi connectivity index (χ0) is 18.1. The number of hydrogen-bond donors (Lipinski definition) is 1. The van der Waals surface area contributed by atoms with E-state index < -0.39 is 0 Å². The van der Waals surface area contributed by atoms with Crippen molar-refractivity contribution in [1.29, 1.82) is 0 Å². The maximum absolute atomic E-state index is 12.6. The van der Waals surface area contributed by atoms with Gasteiger partial charge in [-0.05, 0) is 24.6 Å². The van der Waals surface area contributed by atoms with Gasteiger partial charge in [-0.15, -0.1) is 11.8 Å². The van der Waals surface area contributed by atoms with Gasteiger partial charge in [-0.1, -0.05) is 23.2 Å². The summed E-state index contributed by atoms with van der Waals surface area (Å²) in [5.41, 5.74) is 1.09. The Morgan fingerprint density at radius 3 is 2.46 bits per heavy atom. The second kappa shape index (κ2) is 8.15. The van der Waals surface area contributed by atoms with E-state index >= 15 is 0 Å². The number of hydrogen-bond acceptors (Lipinski definition) is 5. The summed E-state index contributed by atoms with van der Waals surface area (Å²) in [5.74, 6) is 2.20. The standard InChI is InChI=1S/C18H24Cl2N4OS/c19-13-7-14(20)9-15(8-13)22-1-3-23(4-2-22)16-10-17(21-11-16)18(25)24-5-6-26-12-24/h7-9,16-17,21H,1-6,10-12H2/t16-,17-/m0/s1. The number of piperazine rings is 1. The van der Waals surface area contributed by atoms with E-state index in [4.69, 9.17) is 23.2 Å². The van der Waals surface area contributed by atoms with E-state index in [-0.39, 0.29) is 11.9 Å². The van der Waals surface area contributed by atoms with E-state index in [1.165, 1.54) is 0 Å². The fourth-order valence-electron chi connectivity index (χ4n) is 4.06. The predicted octanol–water partition coefficient (Wildman–Crippen LogP) is 2.38. The molecule has 1 N–H and O–H groups in total. The third-order valence-electron chi connectivity index (χ3n) is 5.51. The van der Waals surface area contributed by atoms with Gasteiger partial charge in [0.2, 0.25) is 5.91 Å². The summed E-state index contributed by atoms with van der Waals surface area (Å²) in [5, 5.41) is 4.80. The Bertz CT molecular complexity index is 642. The molecule has 8 heteroatoms. The van der Waals surface area contributed by atoms with E-state index in [1.807, 2.05) is 28.8 Å². The molecule has 0 aliphatic carbocycles. The third kappa shape index (κ3) is 4.09. The third-order valence-corrected chi connectivity index (χ3v) is 6.92. The lowest BCUT2D eigenvalue weighted by Gasteiger charge is -2.39. The summed E-state index contributed by atoms with van der Waals surface area (Å²) in [7, 11) is 0. The van der Waals surface area contributed by atoms with Crippen LogP contribution in [0.4, 0.5) is 5.69 Å². The van der Waals surface area contributed by atoms with E-state index in [2.05, 4.69) is 15.1 Å². The van der Waals surface area contributed by atoms with Gasteiger partial charge < -0.3 is 15.1 Å². The van der Waals surface area contributed by atoms with E-state index in [1.54, 1.807) is 6.07 Å². The van der Waals surface area contributed by atoms with Crippen LogP contribution in [-0.4, -0.2) is 78.7 Å². The second-order valence-electron chi connectivity index (χ2n) is 7.14. The van der Waals surface area contributed by atoms with Gasteiger partial charge >= 0.3 is 0 Å². The van der Waals surface area contributed by atoms with Crippen molar-refractivity contribution in [2.45, 2.75) is 18.5 Å². The summed E-state index contributed by atoms with van der Waals surface area (Å²) in [6.45, 7) is 5.70. The monoisotopic (exact) mass is 414 g/mol. The van der Waals surface area contributed by atoms with Gasteiger partial charge in [0.1, 0.15) is 0 Å². The second-order valence-corrected chi connectivity index (χ2v) is 9.09. The molecule has 0 saturated carbocycles. The predicted molar refractivity (Wildman–Crippen MR) is 109 cm³/mol. The number of nitrogens with zero attached hydrogens (tertiary/aromatic N) is 3. The van der Waals surface area contributed by atoms with Crippen LogP contribution < -0.4 is 10.2 Å². The van der Waals surface area contributed by atoms with Gasteiger partial charge in [0.05, 0.1) is 11.9 Å².